The smallest absolute Gasteiger partial charge is 0.306 e. The monoisotopic (exact) mass is 1850 g/mol. The molecule has 5 heterocycles. The highest BCUT2D eigenvalue weighted by molar-refractivity contribution is 5.81. The lowest BCUT2D eigenvalue weighted by molar-refractivity contribution is -0.398. The van der Waals surface area contributed by atoms with E-state index in [4.69, 9.17) is 123 Å². The maximum absolute atomic E-state index is 14.2. The third kappa shape index (κ3) is 26.5. The van der Waals surface area contributed by atoms with Crippen LogP contribution in [0.15, 0.2) is 11.6 Å². The van der Waals surface area contributed by atoms with Crippen molar-refractivity contribution in [2.75, 3.05) is 26.4 Å². The van der Waals surface area contributed by atoms with Gasteiger partial charge in [-0.25, -0.2) is 0 Å². The molecule has 0 N–H and O–H groups in total. The Balaban J connectivity index is 1.03. The first-order valence-corrected chi connectivity index (χ1v) is 43.3. The second kappa shape index (κ2) is 45.3. The van der Waals surface area contributed by atoms with Gasteiger partial charge in [-0.3, -0.25) is 81.5 Å². The first-order chi connectivity index (χ1) is 61.0. The zero-order chi connectivity index (χ0) is 96.2. The summed E-state index contributed by atoms with van der Waals surface area (Å²) in [5.74, 6) is -15.9. The minimum atomic E-state index is -2.09. The van der Waals surface area contributed by atoms with Gasteiger partial charge in [0.25, 0.3) is 0 Å². The largest absolute Gasteiger partial charge is 0.463 e. The van der Waals surface area contributed by atoms with Gasteiger partial charge < -0.3 is 123 Å². The van der Waals surface area contributed by atoms with Crippen molar-refractivity contribution in [3.8, 4) is 0 Å². The Labute approximate surface area is 750 Å². The van der Waals surface area contributed by atoms with Crippen LogP contribution >= 0.6 is 0 Å². The summed E-state index contributed by atoms with van der Waals surface area (Å²) in [6.45, 7) is 23.8. The highest BCUT2D eigenvalue weighted by atomic mass is 16.8. The number of carbonyl (C=O) groups excluding carboxylic acids is 17. The normalized spacial score (nSPS) is 36.8. The number of esters is 16. The van der Waals surface area contributed by atoms with Crippen molar-refractivity contribution < 1.29 is 205 Å². The zero-order valence-electron chi connectivity index (χ0n) is 76.8. The Morgan fingerprint density at radius 1 is 0.369 bits per heavy atom. The summed E-state index contributed by atoms with van der Waals surface area (Å²) >= 11 is 0. The van der Waals surface area contributed by atoms with Crippen LogP contribution in [-0.2, 0) is 205 Å². The summed E-state index contributed by atoms with van der Waals surface area (Å²) in [6, 6.07) is 0. The van der Waals surface area contributed by atoms with Crippen LogP contribution in [0.25, 0.3) is 0 Å². The molecule has 130 heavy (non-hydrogen) atoms. The average molecular weight is 1860 g/mol. The second-order valence-corrected chi connectivity index (χ2v) is 34.8. The molecule has 0 aromatic rings. The van der Waals surface area contributed by atoms with Crippen molar-refractivity contribution in [2.45, 2.75) is 369 Å². The van der Waals surface area contributed by atoms with Crippen molar-refractivity contribution in [2.24, 2.45) is 40.4 Å². The molecule has 0 unspecified atom stereocenters. The Kier molecular flexibility index (Phi) is 36.3. The lowest BCUT2D eigenvalue weighted by Crippen LogP contribution is -2.69. The predicted molar refractivity (Wildman–Crippen MR) is 426 cm³/mol. The third-order valence-corrected chi connectivity index (χ3v) is 24.6. The van der Waals surface area contributed by atoms with Crippen LogP contribution < -0.4 is 0 Å². The van der Waals surface area contributed by atoms with Gasteiger partial charge in [0, 0.05) is 110 Å². The predicted octanol–water partition coefficient (Wildman–Crippen LogP) is 4.18. The Bertz CT molecular complexity index is 4160. The number of ether oxygens (including phenoxy) is 26. The molecule has 0 spiro atoms. The molecule has 0 bridgehead atoms. The SMILES string of the molecule is CC(=O)OC[C@H]1O[C@@H](OC[C@@H](C)CCC(=O)O[C@H]2C[C@H]3[C@@H]4CC=C5C[C@@H](O[C@@H]6O[C@H](COC(C)=O)[C@@H](OC(C)=O)[C@H](O[C@@H]7O[C@@H](C)[C@H](O[C@@H]8O[C@H](COC(C)=O)[C@@H](OC(C)=O)[C@H](OC(C)=O)[C@H]8OC(C)=O)[C@@H](OC(C)=O)[C@H]7OC(C)=O)[C@H]6O[C@@H]6O[C@@H](C)[C@H](OC(C)=O)[C@@H](OC(C)=O)[C@H]6OC(C)=O)CC[C@]5(C)[C@H]4CC[C@]3(C)[C@H]2C(C)=O)[C@H](OC(C)=O)[C@@H](OC(C)=O)[C@@H]1OC(C)=O. The number of carbonyl (C=O) groups is 17. The van der Waals surface area contributed by atoms with Gasteiger partial charge in [-0.2, -0.15) is 0 Å². The summed E-state index contributed by atoms with van der Waals surface area (Å²) in [5, 5.41) is 0. The van der Waals surface area contributed by atoms with E-state index in [2.05, 4.69) is 19.9 Å². The molecule has 0 aromatic heterocycles. The number of Topliss-reactive ketones (excluding diaryl/α,β-unsaturated/α-hetero) is 1. The zero-order valence-corrected chi connectivity index (χ0v) is 76.8. The number of hydrogen-bond donors (Lipinski definition) is 0. The van der Waals surface area contributed by atoms with Gasteiger partial charge in [-0.05, 0) is 107 Å². The topological polar surface area (TPSA) is 530 Å². The highest BCUT2D eigenvalue weighted by Gasteiger charge is 2.66. The quantitative estimate of drug-likeness (QED) is 0.0495. The summed E-state index contributed by atoms with van der Waals surface area (Å²) in [4.78, 5) is 222. The number of hydrogen-bond acceptors (Lipinski definition) is 43. The van der Waals surface area contributed by atoms with Gasteiger partial charge in [-0.15, -0.1) is 0 Å². The molecular weight excluding hydrogens is 1730 g/mol. The average Bonchev–Trinajstić information content (AvgIpc) is 1.51. The molecule has 728 valence electrons. The minimum Gasteiger partial charge on any atom is -0.463 e. The van der Waals surface area contributed by atoms with E-state index < -0.39 is 304 Å². The van der Waals surface area contributed by atoms with Gasteiger partial charge in [0.15, 0.2) is 105 Å². The first kappa shape index (κ1) is 104. The van der Waals surface area contributed by atoms with E-state index in [1.807, 2.05) is 0 Å². The fourth-order valence-electron chi connectivity index (χ4n) is 19.7. The van der Waals surface area contributed by atoms with Gasteiger partial charge in [0.05, 0.1) is 30.8 Å². The lowest BCUT2D eigenvalue weighted by Gasteiger charge is -2.58. The van der Waals surface area contributed by atoms with Crippen molar-refractivity contribution in [3.05, 3.63) is 11.6 Å². The Morgan fingerprint density at radius 2 is 0.715 bits per heavy atom. The van der Waals surface area contributed by atoms with E-state index in [0.29, 0.717) is 32.1 Å². The van der Waals surface area contributed by atoms with Gasteiger partial charge in [0.2, 0.25) is 0 Å². The summed E-state index contributed by atoms with van der Waals surface area (Å²) < 4.78 is 158. The maximum Gasteiger partial charge on any atom is 0.306 e. The summed E-state index contributed by atoms with van der Waals surface area (Å²) in [5.41, 5.74) is -0.180. The molecule has 0 radical (unpaired) electrons. The first-order valence-electron chi connectivity index (χ1n) is 43.3. The van der Waals surface area contributed by atoms with Gasteiger partial charge >= 0.3 is 95.5 Å². The molecule has 4 aliphatic carbocycles. The van der Waals surface area contributed by atoms with Crippen molar-refractivity contribution in [1.82, 2.24) is 0 Å². The van der Waals surface area contributed by atoms with Crippen LogP contribution in [0.2, 0.25) is 0 Å². The fourth-order valence-corrected chi connectivity index (χ4v) is 19.7. The maximum atomic E-state index is 14.2. The van der Waals surface area contributed by atoms with Crippen LogP contribution in [0, 0.1) is 40.4 Å². The Morgan fingerprint density at radius 3 is 1.14 bits per heavy atom. The van der Waals surface area contributed by atoms with E-state index in [1.54, 1.807) is 6.92 Å². The van der Waals surface area contributed by atoms with E-state index in [0.717, 1.165) is 109 Å². The molecule has 0 amide bonds. The van der Waals surface area contributed by atoms with E-state index >= 15 is 0 Å². The van der Waals surface area contributed by atoms with Crippen LogP contribution in [0.5, 0.6) is 0 Å². The second-order valence-electron chi connectivity index (χ2n) is 34.8. The minimum absolute atomic E-state index is 0.00481. The number of rotatable bonds is 34. The molecular formula is C87H122O43. The lowest BCUT2D eigenvalue weighted by atomic mass is 9.47. The van der Waals surface area contributed by atoms with E-state index in [9.17, 15) is 81.5 Å². The van der Waals surface area contributed by atoms with Crippen LogP contribution in [0.3, 0.4) is 0 Å². The molecule has 0 aromatic carbocycles. The van der Waals surface area contributed by atoms with Gasteiger partial charge in [0.1, 0.15) is 68.3 Å². The molecule has 5 aliphatic heterocycles. The van der Waals surface area contributed by atoms with E-state index in [-0.39, 0.29) is 55.8 Å². The summed E-state index contributed by atoms with van der Waals surface area (Å²) in [7, 11) is 0. The van der Waals surface area contributed by atoms with Crippen molar-refractivity contribution >= 4 is 101 Å². The molecule has 3 saturated carbocycles. The molecule has 43 heteroatoms. The van der Waals surface area contributed by atoms with Crippen LogP contribution in [-0.4, -0.2) is 293 Å². The molecule has 34 atom stereocenters. The Hall–Kier alpha value is -9.47. The molecule has 9 aliphatic rings. The third-order valence-electron chi connectivity index (χ3n) is 24.6. The molecule has 43 nitrogen and oxygen atoms in total. The fraction of sp³-hybridized carbons (Fsp3) is 0.782. The molecule has 8 fully saturated rings. The standard InChI is InChI=1S/C87H122O43/c1-36(32-108-81-76(119-51(16)100)73(117-49(14)98)68(112-44(9)93)61(125-81)33-105-40(5)89)22-25-64(104)124-60-31-59-57-24-23-55-30-56(26-28-86(55,20)58(57)27-29-87(59,21)65(60)37(2)88)123-84-80(130-83-77(120-52(17)101)71(115-47(12)96)66(38(3)109-83)111-43(8)92)75(70(114-46(11)95)63(126-84)35-107-42(7)91)129-82-78(121-53(18)102)72(116-48(13)97)67(39(4)110-82)128-85-79(122-54(19)103)74(118-50(15)99)69(113-45(10)94)62(127-85)34-106-41(6)90/h23,36,38-39,56-63,65-85H,22,24-35H2,1-21H3/t36-,38-,39-,56-,57+,58-,59-,60-,61+,62+,63+,65-,66-,67-,68+,69+,70+,71+,72+,73-,74-,75-,76+,77+,78+,79+,80+,81+,82-,83-,84+,85-,86-,87-/m0/s1. The van der Waals surface area contributed by atoms with E-state index in [1.165, 1.54) is 20.8 Å². The molecule has 5 saturated heterocycles. The molecule has 9 rings (SSSR count). The van der Waals surface area contributed by atoms with Crippen molar-refractivity contribution in [3.63, 3.8) is 0 Å². The highest BCUT2D eigenvalue weighted by Crippen LogP contribution is 2.67. The van der Waals surface area contributed by atoms with Crippen LogP contribution in [0.4, 0.5) is 0 Å². The number of allylic oxidation sites excluding steroid dienone is 1. The number of fused-ring (bicyclic) bond motifs is 5. The van der Waals surface area contributed by atoms with Crippen LogP contribution in [0.1, 0.15) is 203 Å². The van der Waals surface area contributed by atoms with Gasteiger partial charge in [-0.1, -0.05) is 32.4 Å². The summed E-state index contributed by atoms with van der Waals surface area (Å²) in [6.07, 6.45) is -39.4. The number of ketones is 1. The van der Waals surface area contributed by atoms with Crippen molar-refractivity contribution in [1.29, 1.82) is 0 Å².